The molecule has 182 valence electrons. The number of nitrogens with zero attached hydrogens (tertiary/aromatic N) is 2. The molecular formula is C27H29N3O5. The number of methoxy groups -OCH3 is 1. The van der Waals surface area contributed by atoms with E-state index in [9.17, 15) is 14.4 Å². The zero-order valence-electron chi connectivity index (χ0n) is 20.0. The molecule has 0 unspecified atom stereocenters. The Bertz CT molecular complexity index is 1260. The number of likely N-dealkylation sites (N-methyl/N-ethyl adjacent to an activating group) is 1. The quantitative estimate of drug-likeness (QED) is 0.413. The van der Waals surface area contributed by atoms with E-state index in [4.69, 9.17) is 14.5 Å². The lowest BCUT2D eigenvalue weighted by Gasteiger charge is -2.18. The molecule has 0 atom stereocenters. The van der Waals surface area contributed by atoms with Crippen LogP contribution in [0.3, 0.4) is 0 Å². The van der Waals surface area contributed by atoms with E-state index in [-0.39, 0.29) is 12.5 Å². The van der Waals surface area contributed by atoms with Gasteiger partial charge in [-0.15, -0.1) is 0 Å². The third-order valence-electron chi connectivity index (χ3n) is 6.11. The highest BCUT2D eigenvalue weighted by Gasteiger charge is 2.24. The second-order valence-electron chi connectivity index (χ2n) is 8.60. The number of anilines is 1. The van der Waals surface area contributed by atoms with Gasteiger partial charge in [-0.05, 0) is 49.4 Å². The number of ether oxygens (including phenoxy) is 2. The molecule has 0 fully saturated rings. The Labute approximate surface area is 204 Å². The van der Waals surface area contributed by atoms with Crippen molar-refractivity contribution in [1.29, 1.82) is 0 Å². The van der Waals surface area contributed by atoms with Crippen molar-refractivity contribution in [3.63, 3.8) is 0 Å². The van der Waals surface area contributed by atoms with Crippen LogP contribution < -0.4 is 10.1 Å². The molecule has 1 aliphatic carbocycles. The summed E-state index contributed by atoms with van der Waals surface area (Å²) < 4.78 is 10.6. The number of hydrogen-bond donors (Lipinski definition) is 1. The van der Waals surface area contributed by atoms with E-state index in [0.29, 0.717) is 17.0 Å². The van der Waals surface area contributed by atoms with Crippen LogP contribution in [0.2, 0.25) is 0 Å². The Hall–Kier alpha value is -3.94. The number of esters is 1. The van der Waals surface area contributed by atoms with Gasteiger partial charge in [0.15, 0.2) is 6.61 Å². The molecule has 0 spiro atoms. The summed E-state index contributed by atoms with van der Waals surface area (Å²) in [5, 5.41) is 3.46. The molecule has 1 N–H and O–H groups in total. The Morgan fingerprint density at radius 2 is 1.83 bits per heavy atom. The highest BCUT2D eigenvalue weighted by Crippen LogP contribution is 2.29. The minimum atomic E-state index is -0.538. The maximum atomic E-state index is 13.2. The third kappa shape index (κ3) is 5.77. The number of fused-ring (bicyclic) bond motifs is 2. The van der Waals surface area contributed by atoms with E-state index >= 15 is 0 Å². The van der Waals surface area contributed by atoms with Gasteiger partial charge < -0.3 is 19.7 Å². The fraction of sp³-hybridized carbons (Fsp3) is 0.333. The molecule has 0 radical (unpaired) electrons. The lowest BCUT2D eigenvalue weighted by Crippen LogP contribution is -2.37. The van der Waals surface area contributed by atoms with E-state index in [0.717, 1.165) is 54.3 Å². The van der Waals surface area contributed by atoms with Gasteiger partial charge in [0.25, 0.3) is 5.91 Å². The number of benzene rings is 2. The van der Waals surface area contributed by atoms with Gasteiger partial charge in [-0.25, -0.2) is 4.79 Å². The zero-order valence-corrected chi connectivity index (χ0v) is 20.0. The lowest BCUT2D eigenvalue weighted by molar-refractivity contribution is -0.136. The summed E-state index contributed by atoms with van der Waals surface area (Å²) in [5.74, 6) is -0.764. The van der Waals surface area contributed by atoms with Crippen molar-refractivity contribution >= 4 is 34.4 Å². The minimum Gasteiger partial charge on any atom is -0.497 e. The molecular weight excluding hydrogens is 446 g/mol. The first kappa shape index (κ1) is 24.2. The first-order chi connectivity index (χ1) is 17.0. The summed E-state index contributed by atoms with van der Waals surface area (Å²) in [5.41, 5.74) is 3.67. The van der Waals surface area contributed by atoms with Crippen molar-refractivity contribution in [2.75, 3.05) is 32.6 Å². The SMILES string of the molecule is COc1cccc(NC(=O)CN(C)C(=O)COC(=O)c2c3c(nc4ccccc24)CCCCC3)c1. The smallest absolute Gasteiger partial charge is 0.339 e. The Balaban J connectivity index is 1.41. The maximum Gasteiger partial charge on any atom is 0.339 e. The largest absolute Gasteiger partial charge is 0.497 e. The standard InChI is InChI=1S/C27H29N3O5/c1-30(16-24(31)28-18-9-8-10-19(15-18)34-2)25(32)17-35-27(33)26-20-11-4-3-5-13-22(20)29-23-14-7-6-12-21(23)26/h6-10,12,14-15H,3-5,11,13,16-17H2,1-2H3,(H,28,31). The van der Waals surface area contributed by atoms with Gasteiger partial charge in [-0.1, -0.05) is 30.7 Å². The van der Waals surface area contributed by atoms with Crippen LogP contribution in [0.4, 0.5) is 5.69 Å². The normalized spacial score (nSPS) is 12.9. The minimum absolute atomic E-state index is 0.179. The third-order valence-corrected chi connectivity index (χ3v) is 6.11. The van der Waals surface area contributed by atoms with Crippen molar-refractivity contribution in [3.05, 3.63) is 65.4 Å². The summed E-state index contributed by atoms with van der Waals surface area (Å²) in [4.78, 5) is 44.2. The summed E-state index contributed by atoms with van der Waals surface area (Å²) in [6.07, 6.45) is 4.69. The van der Waals surface area contributed by atoms with E-state index in [1.165, 1.54) is 11.9 Å². The van der Waals surface area contributed by atoms with Crippen molar-refractivity contribution < 1.29 is 23.9 Å². The van der Waals surface area contributed by atoms with E-state index in [2.05, 4.69) is 5.32 Å². The molecule has 2 aromatic carbocycles. The van der Waals surface area contributed by atoms with Crippen LogP contribution >= 0.6 is 0 Å². The number of para-hydroxylation sites is 1. The zero-order chi connectivity index (χ0) is 24.8. The van der Waals surface area contributed by atoms with E-state index in [1.807, 2.05) is 24.3 Å². The number of nitrogens with one attached hydrogen (secondary N) is 1. The topological polar surface area (TPSA) is 97.8 Å². The summed E-state index contributed by atoms with van der Waals surface area (Å²) in [6, 6.07) is 14.4. The van der Waals surface area contributed by atoms with Crippen molar-refractivity contribution in [1.82, 2.24) is 9.88 Å². The van der Waals surface area contributed by atoms with Gasteiger partial charge in [0.05, 0.1) is 24.7 Å². The molecule has 3 aromatic rings. The monoisotopic (exact) mass is 475 g/mol. The molecule has 1 aliphatic rings. The van der Waals surface area contributed by atoms with Crippen LogP contribution in [0.1, 0.15) is 40.9 Å². The molecule has 8 heteroatoms. The molecule has 4 rings (SSSR count). The molecule has 8 nitrogen and oxygen atoms in total. The number of carbonyl (C=O) groups is 3. The fourth-order valence-electron chi connectivity index (χ4n) is 4.30. The number of aryl methyl sites for hydroxylation is 1. The molecule has 1 aromatic heterocycles. The van der Waals surface area contributed by atoms with Crippen LogP contribution in [0.25, 0.3) is 10.9 Å². The van der Waals surface area contributed by atoms with Crippen LogP contribution in [0, 0.1) is 0 Å². The maximum absolute atomic E-state index is 13.2. The number of amides is 2. The molecule has 0 aliphatic heterocycles. The predicted octanol–water partition coefficient (Wildman–Crippen LogP) is 3.77. The van der Waals surface area contributed by atoms with Crippen LogP contribution in [-0.4, -0.2) is 55.0 Å². The van der Waals surface area contributed by atoms with E-state index in [1.54, 1.807) is 31.4 Å². The van der Waals surface area contributed by atoms with Crippen molar-refractivity contribution in [2.24, 2.45) is 0 Å². The second kappa shape index (κ2) is 11.0. The lowest BCUT2D eigenvalue weighted by atomic mass is 9.97. The second-order valence-corrected chi connectivity index (χ2v) is 8.60. The van der Waals surface area contributed by atoms with E-state index < -0.39 is 18.5 Å². The summed E-state index contributed by atoms with van der Waals surface area (Å²) in [6.45, 7) is -0.631. The van der Waals surface area contributed by atoms with Crippen molar-refractivity contribution in [3.8, 4) is 5.75 Å². The van der Waals surface area contributed by atoms with Gasteiger partial charge in [-0.3, -0.25) is 14.6 Å². The first-order valence-corrected chi connectivity index (χ1v) is 11.7. The Morgan fingerprint density at radius 3 is 2.66 bits per heavy atom. The molecule has 0 bridgehead atoms. The van der Waals surface area contributed by atoms with Crippen LogP contribution in [-0.2, 0) is 27.2 Å². The van der Waals surface area contributed by atoms with Gasteiger partial charge in [-0.2, -0.15) is 0 Å². The van der Waals surface area contributed by atoms with Crippen molar-refractivity contribution in [2.45, 2.75) is 32.1 Å². The molecule has 2 amide bonds. The van der Waals surface area contributed by atoms with Gasteiger partial charge >= 0.3 is 5.97 Å². The molecule has 1 heterocycles. The molecule has 0 saturated carbocycles. The number of carbonyl (C=O) groups excluding carboxylic acids is 3. The molecule has 0 saturated heterocycles. The summed E-state index contributed by atoms with van der Waals surface area (Å²) in [7, 11) is 3.04. The first-order valence-electron chi connectivity index (χ1n) is 11.7. The average molecular weight is 476 g/mol. The molecule has 35 heavy (non-hydrogen) atoms. The number of hydrogen-bond acceptors (Lipinski definition) is 6. The number of aromatic nitrogens is 1. The Morgan fingerprint density at radius 1 is 1.03 bits per heavy atom. The number of rotatable bonds is 7. The fourth-order valence-corrected chi connectivity index (χ4v) is 4.30. The van der Waals surface area contributed by atoms with Crippen LogP contribution in [0.5, 0.6) is 5.75 Å². The number of pyridine rings is 1. The van der Waals surface area contributed by atoms with Crippen LogP contribution in [0.15, 0.2) is 48.5 Å². The van der Waals surface area contributed by atoms with Gasteiger partial charge in [0, 0.05) is 29.9 Å². The van der Waals surface area contributed by atoms with Gasteiger partial charge in [0.1, 0.15) is 5.75 Å². The highest BCUT2D eigenvalue weighted by molar-refractivity contribution is 6.05. The predicted molar refractivity (Wildman–Crippen MR) is 133 cm³/mol. The van der Waals surface area contributed by atoms with Gasteiger partial charge in [0.2, 0.25) is 5.91 Å². The summed E-state index contributed by atoms with van der Waals surface area (Å²) >= 11 is 0. The average Bonchev–Trinajstić information content (AvgIpc) is 3.10. The highest BCUT2D eigenvalue weighted by atomic mass is 16.5. The Kier molecular flexibility index (Phi) is 7.60.